The molecule has 0 spiro atoms. The van der Waals surface area contributed by atoms with E-state index in [4.69, 9.17) is 11.6 Å². The molecule has 0 unspecified atom stereocenters. The quantitative estimate of drug-likeness (QED) is 0.706. The number of benzene rings is 1. The van der Waals surface area contributed by atoms with Crippen LogP contribution in [0.5, 0.6) is 0 Å². The second-order valence-electron chi connectivity index (χ2n) is 2.88. The van der Waals surface area contributed by atoms with Gasteiger partial charge >= 0.3 is 0 Å². The van der Waals surface area contributed by atoms with Gasteiger partial charge in [-0.05, 0) is 36.6 Å². The Morgan fingerprint density at radius 1 is 1.46 bits per heavy atom. The molecular weight excluding hydrogens is 247 g/mol. The van der Waals surface area contributed by atoms with Crippen molar-refractivity contribution in [1.29, 1.82) is 0 Å². The van der Waals surface area contributed by atoms with E-state index >= 15 is 0 Å². The first-order valence-electron chi connectivity index (χ1n) is 4.22. The molecule has 70 valence electrons. The van der Waals surface area contributed by atoms with Crippen LogP contribution in [0.3, 0.4) is 0 Å². The molecule has 0 aromatic heterocycles. The number of hydrogen-bond acceptors (Lipinski definition) is 0. The Morgan fingerprint density at radius 2 is 2.23 bits per heavy atom. The molecule has 0 atom stereocenters. The summed E-state index contributed by atoms with van der Waals surface area (Å²) < 4.78 is 1.11. The van der Waals surface area contributed by atoms with Crippen molar-refractivity contribution < 1.29 is 0 Å². The molecule has 0 N–H and O–H groups in total. The molecule has 13 heavy (non-hydrogen) atoms. The third-order valence-electron chi connectivity index (χ3n) is 1.81. The molecule has 0 heterocycles. The van der Waals surface area contributed by atoms with Gasteiger partial charge in [0.1, 0.15) is 0 Å². The van der Waals surface area contributed by atoms with Crippen molar-refractivity contribution in [2.75, 3.05) is 5.88 Å². The summed E-state index contributed by atoms with van der Waals surface area (Å²) in [4.78, 5) is 0. The van der Waals surface area contributed by atoms with E-state index in [1.165, 1.54) is 11.1 Å². The zero-order valence-corrected chi connectivity index (χ0v) is 9.90. The summed E-state index contributed by atoms with van der Waals surface area (Å²) in [7, 11) is 0. The van der Waals surface area contributed by atoms with Gasteiger partial charge in [-0.25, -0.2) is 0 Å². The molecule has 0 saturated heterocycles. The van der Waals surface area contributed by atoms with Crippen LogP contribution in [0.25, 0.3) is 6.08 Å². The van der Waals surface area contributed by atoms with Gasteiger partial charge in [0.25, 0.3) is 0 Å². The molecule has 1 aromatic rings. The molecule has 1 rings (SSSR count). The summed E-state index contributed by atoms with van der Waals surface area (Å²) in [6.45, 7) is 2.10. The Morgan fingerprint density at radius 3 is 2.92 bits per heavy atom. The van der Waals surface area contributed by atoms with Crippen LogP contribution < -0.4 is 0 Å². The minimum atomic E-state index is 0.684. The molecule has 0 aliphatic rings. The van der Waals surface area contributed by atoms with E-state index in [0.717, 1.165) is 10.9 Å². The van der Waals surface area contributed by atoms with Crippen LogP contribution in [0.4, 0.5) is 0 Å². The Balaban J connectivity index is 2.81. The topological polar surface area (TPSA) is 0 Å². The van der Waals surface area contributed by atoms with Gasteiger partial charge in [-0.15, -0.1) is 11.6 Å². The van der Waals surface area contributed by atoms with Crippen molar-refractivity contribution in [3.05, 3.63) is 39.9 Å². The second kappa shape index (κ2) is 5.46. The van der Waals surface area contributed by atoms with E-state index in [9.17, 15) is 0 Å². The third kappa shape index (κ3) is 3.53. The molecule has 0 aliphatic heterocycles. The number of rotatable bonds is 3. The van der Waals surface area contributed by atoms with Crippen LogP contribution in [0.1, 0.15) is 17.5 Å². The largest absolute Gasteiger partial charge is 0.126 e. The van der Waals surface area contributed by atoms with Gasteiger partial charge in [-0.1, -0.05) is 34.1 Å². The molecule has 0 nitrogen and oxygen atoms in total. The highest BCUT2D eigenvalue weighted by atomic mass is 79.9. The van der Waals surface area contributed by atoms with Gasteiger partial charge < -0.3 is 0 Å². The molecule has 1 aromatic carbocycles. The van der Waals surface area contributed by atoms with E-state index < -0.39 is 0 Å². The summed E-state index contributed by atoms with van der Waals surface area (Å²) in [6.07, 6.45) is 5.14. The summed E-state index contributed by atoms with van der Waals surface area (Å²) in [5.74, 6) is 0.684. The van der Waals surface area contributed by atoms with Crippen LogP contribution in [-0.4, -0.2) is 5.88 Å². The second-order valence-corrected chi connectivity index (χ2v) is 4.17. The summed E-state index contributed by atoms with van der Waals surface area (Å²) in [6, 6.07) is 6.26. The number of aryl methyl sites for hydroxylation is 1. The summed E-state index contributed by atoms with van der Waals surface area (Å²) in [5, 5.41) is 0. The fourth-order valence-corrected chi connectivity index (χ4v) is 1.57. The van der Waals surface area contributed by atoms with Crippen molar-refractivity contribution in [1.82, 2.24) is 0 Å². The zero-order chi connectivity index (χ0) is 9.68. The van der Waals surface area contributed by atoms with Crippen molar-refractivity contribution in [3.63, 3.8) is 0 Å². The predicted molar refractivity (Wildman–Crippen MR) is 63.3 cm³/mol. The maximum absolute atomic E-state index is 5.58. The minimum absolute atomic E-state index is 0.684. The fourth-order valence-electron chi connectivity index (χ4n) is 1.06. The predicted octanol–water partition coefficient (Wildman–Crippen LogP) is 4.40. The van der Waals surface area contributed by atoms with Gasteiger partial charge in [0, 0.05) is 10.4 Å². The molecule has 0 radical (unpaired) electrons. The molecule has 0 fully saturated rings. The fraction of sp³-hybridized carbons (Fsp3) is 0.273. The monoisotopic (exact) mass is 258 g/mol. The molecule has 2 heteroatoms. The number of alkyl halides is 1. The lowest BCUT2D eigenvalue weighted by molar-refractivity contribution is 1.24. The Kier molecular flexibility index (Phi) is 4.54. The third-order valence-corrected chi connectivity index (χ3v) is 2.53. The van der Waals surface area contributed by atoms with Gasteiger partial charge in [-0.3, -0.25) is 0 Å². The highest BCUT2D eigenvalue weighted by Gasteiger charge is 1.94. The average molecular weight is 260 g/mol. The number of halogens is 2. The molecule has 0 bridgehead atoms. The van der Waals surface area contributed by atoms with Crippen LogP contribution in [0.15, 0.2) is 28.7 Å². The molecular formula is C11H12BrCl. The van der Waals surface area contributed by atoms with Crippen molar-refractivity contribution in [2.24, 2.45) is 0 Å². The van der Waals surface area contributed by atoms with Gasteiger partial charge in [0.15, 0.2) is 0 Å². The lowest BCUT2D eigenvalue weighted by Gasteiger charge is -2.00. The van der Waals surface area contributed by atoms with Crippen molar-refractivity contribution in [2.45, 2.75) is 13.3 Å². The van der Waals surface area contributed by atoms with Gasteiger partial charge in [0.05, 0.1) is 0 Å². The Hall–Kier alpha value is -0.270. The van der Waals surface area contributed by atoms with E-state index in [0.29, 0.717) is 5.88 Å². The van der Waals surface area contributed by atoms with Crippen LogP contribution >= 0.6 is 27.5 Å². The number of hydrogen-bond donors (Lipinski definition) is 0. The molecule has 0 aliphatic carbocycles. The zero-order valence-electron chi connectivity index (χ0n) is 7.56. The SMILES string of the molecule is Cc1ccc(Br)cc1C=CCCCl. The maximum atomic E-state index is 5.58. The highest BCUT2D eigenvalue weighted by molar-refractivity contribution is 9.10. The van der Waals surface area contributed by atoms with Gasteiger partial charge in [0.2, 0.25) is 0 Å². The summed E-state index contributed by atoms with van der Waals surface area (Å²) in [5.41, 5.74) is 2.54. The summed E-state index contributed by atoms with van der Waals surface area (Å²) >= 11 is 9.02. The first-order valence-corrected chi connectivity index (χ1v) is 5.55. The highest BCUT2D eigenvalue weighted by Crippen LogP contribution is 2.17. The minimum Gasteiger partial charge on any atom is -0.126 e. The van der Waals surface area contributed by atoms with E-state index in [1.54, 1.807) is 0 Å². The molecule has 0 amide bonds. The first kappa shape index (κ1) is 10.8. The van der Waals surface area contributed by atoms with E-state index in [1.807, 2.05) is 6.07 Å². The Bertz CT molecular complexity index is 305. The van der Waals surface area contributed by atoms with E-state index in [2.05, 4.69) is 47.1 Å². The lowest BCUT2D eigenvalue weighted by Crippen LogP contribution is -1.79. The standard InChI is InChI=1S/C11H12BrCl/c1-9-5-6-11(12)8-10(9)4-2-3-7-13/h2,4-6,8H,3,7H2,1H3. The normalized spacial score (nSPS) is 11.0. The van der Waals surface area contributed by atoms with Crippen LogP contribution in [-0.2, 0) is 0 Å². The number of allylic oxidation sites excluding steroid dienone is 1. The maximum Gasteiger partial charge on any atom is 0.0258 e. The van der Waals surface area contributed by atoms with E-state index in [-0.39, 0.29) is 0 Å². The lowest BCUT2D eigenvalue weighted by atomic mass is 10.1. The van der Waals surface area contributed by atoms with Crippen LogP contribution in [0, 0.1) is 6.92 Å². The van der Waals surface area contributed by atoms with Crippen molar-refractivity contribution >= 4 is 33.6 Å². The van der Waals surface area contributed by atoms with Crippen molar-refractivity contribution in [3.8, 4) is 0 Å². The smallest absolute Gasteiger partial charge is 0.0258 e. The molecule has 0 saturated carbocycles. The Labute approximate surface area is 92.7 Å². The average Bonchev–Trinajstić information content (AvgIpc) is 2.11. The van der Waals surface area contributed by atoms with Gasteiger partial charge in [-0.2, -0.15) is 0 Å². The first-order chi connectivity index (χ1) is 6.24. The van der Waals surface area contributed by atoms with Crippen LogP contribution in [0.2, 0.25) is 0 Å².